The van der Waals surface area contributed by atoms with Crippen LogP contribution in [0.2, 0.25) is 0 Å². The molecule has 0 saturated heterocycles. The van der Waals surface area contributed by atoms with Gasteiger partial charge in [0.2, 0.25) is 0 Å². The summed E-state index contributed by atoms with van der Waals surface area (Å²) in [7, 11) is 1.50. The predicted octanol–water partition coefficient (Wildman–Crippen LogP) is 7.45. The van der Waals surface area contributed by atoms with Crippen molar-refractivity contribution in [2.24, 2.45) is 5.41 Å². The van der Waals surface area contributed by atoms with Crippen LogP contribution < -0.4 is 0 Å². The highest BCUT2D eigenvalue weighted by Gasteiger charge is 2.31. The molecule has 0 amide bonds. The van der Waals surface area contributed by atoms with Crippen molar-refractivity contribution in [2.75, 3.05) is 7.11 Å². The third-order valence-electron chi connectivity index (χ3n) is 5.54. The summed E-state index contributed by atoms with van der Waals surface area (Å²) < 4.78 is 4.94. The molecule has 0 aromatic rings. The molecule has 24 heavy (non-hydrogen) atoms. The van der Waals surface area contributed by atoms with Crippen molar-refractivity contribution in [2.45, 2.75) is 124 Å². The summed E-state index contributed by atoms with van der Waals surface area (Å²) >= 11 is 0. The van der Waals surface area contributed by atoms with Gasteiger partial charge in [0.25, 0.3) is 0 Å². The van der Waals surface area contributed by atoms with E-state index in [2.05, 4.69) is 13.8 Å². The molecule has 0 spiro atoms. The average Bonchev–Trinajstić information content (AvgIpc) is 2.61. The Kier molecular flexibility index (Phi) is 15.6. The van der Waals surface area contributed by atoms with Gasteiger partial charge in [0.1, 0.15) is 0 Å². The van der Waals surface area contributed by atoms with Crippen LogP contribution in [-0.4, -0.2) is 13.1 Å². The second-order valence-electron chi connectivity index (χ2n) is 7.75. The van der Waals surface area contributed by atoms with Crippen LogP contribution in [0.3, 0.4) is 0 Å². The van der Waals surface area contributed by atoms with E-state index in [1.165, 1.54) is 90.6 Å². The van der Waals surface area contributed by atoms with Crippen LogP contribution in [0, 0.1) is 5.41 Å². The second kappa shape index (κ2) is 16.0. The van der Waals surface area contributed by atoms with Crippen molar-refractivity contribution in [3.63, 3.8) is 0 Å². The van der Waals surface area contributed by atoms with E-state index in [0.29, 0.717) is 0 Å². The highest BCUT2D eigenvalue weighted by molar-refractivity contribution is 5.76. The average molecular weight is 341 g/mol. The Hall–Kier alpha value is -0.530. The van der Waals surface area contributed by atoms with Crippen molar-refractivity contribution in [3.05, 3.63) is 0 Å². The van der Waals surface area contributed by atoms with Crippen molar-refractivity contribution in [1.82, 2.24) is 0 Å². The third kappa shape index (κ3) is 11.9. The minimum absolute atomic E-state index is 0.0419. The molecule has 0 fully saturated rings. The first-order chi connectivity index (χ1) is 11.6. The van der Waals surface area contributed by atoms with Gasteiger partial charge in [0, 0.05) is 0 Å². The fourth-order valence-corrected chi connectivity index (χ4v) is 3.38. The number of methoxy groups -OCH3 is 1. The number of carbonyl (C=O) groups is 1. The van der Waals surface area contributed by atoms with Gasteiger partial charge in [0.15, 0.2) is 0 Å². The summed E-state index contributed by atoms with van der Waals surface area (Å²) in [6.45, 7) is 6.41. The van der Waals surface area contributed by atoms with Gasteiger partial charge in [-0.2, -0.15) is 0 Å². The monoisotopic (exact) mass is 340 g/mol. The van der Waals surface area contributed by atoms with E-state index < -0.39 is 0 Å². The standard InChI is InChI=1S/C22H44O2/c1-5-7-8-9-10-11-12-13-14-15-16-17-18-19-20-22(3,6-2)21(23)24-4/h5-20H2,1-4H3. The molecule has 0 aliphatic rings. The molecule has 0 aliphatic carbocycles. The van der Waals surface area contributed by atoms with Crippen molar-refractivity contribution in [1.29, 1.82) is 0 Å². The van der Waals surface area contributed by atoms with Gasteiger partial charge in [-0.05, 0) is 19.8 Å². The van der Waals surface area contributed by atoms with Gasteiger partial charge in [-0.3, -0.25) is 4.79 Å². The maximum Gasteiger partial charge on any atom is 0.311 e. The van der Waals surface area contributed by atoms with Crippen molar-refractivity contribution < 1.29 is 9.53 Å². The lowest BCUT2D eigenvalue weighted by Gasteiger charge is -2.24. The molecule has 0 radical (unpaired) electrons. The fourth-order valence-electron chi connectivity index (χ4n) is 3.38. The summed E-state index contributed by atoms with van der Waals surface area (Å²) in [6, 6.07) is 0. The van der Waals surface area contributed by atoms with Crippen LogP contribution in [0.1, 0.15) is 124 Å². The topological polar surface area (TPSA) is 26.3 Å². The number of carbonyl (C=O) groups excluding carboxylic acids is 1. The predicted molar refractivity (Wildman–Crippen MR) is 105 cm³/mol. The van der Waals surface area contributed by atoms with Crippen molar-refractivity contribution in [3.8, 4) is 0 Å². The van der Waals surface area contributed by atoms with Gasteiger partial charge in [-0.15, -0.1) is 0 Å². The number of rotatable bonds is 17. The number of unbranched alkanes of at least 4 members (excludes halogenated alkanes) is 13. The van der Waals surface area contributed by atoms with Crippen LogP contribution >= 0.6 is 0 Å². The molecule has 1 unspecified atom stereocenters. The van der Waals surface area contributed by atoms with E-state index in [0.717, 1.165) is 19.3 Å². The van der Waals surface area contributed by atoms with Gasteiger partial charge in [-0.25, -0.2) is 0 Å². The Morgan fingerprint density at radius 1 is 0.708 bits per heavy atom. The lowest BCUT2D eigenvalue weighted by Crippen LogP contribution is -2.28. The molecular formula is C22H44O2. The molecule has 0 aromatic heterocycles. The zero-order chi connectivity index (χ0) is 18.1. The second-order valence-corrected chi connectivity index (χ2v) is 7.75. The Balaban J connectivity index is 3.35. The van der Waals surface area contributed by atoms with Crippen LogP contribution in [0.5, 0.6) is 0 Å². The van der Waals surface area contributed by atoms with Gasteiger partial charge >= 0.3 is 5.97 Å². The summed E-state index contributed by atoms with van der Waals surface area (Å²) in [5.41, 5.74) is -0.272. The number of hydrogen-bond donors (Lipinski definition) is 0. The van der Waals surface area contributed by atoms with Gasteiger partial charge in [-0.1, -0.05) is 104 Å². The van der Waals surface area contributed by atoms with Crippen LogP contribution in [0.25, 0.3) is 0 Å². The Morgan fingerprint density at radius 2 is 1.08 bits per heavy atom. The molecule has 0 rings (SSSR count). The van der Waals surface area contributed by atoms with Crippen LogP contribution in [-0.2, 0) is 9.53 Å². The SMILES string of the molecule is CCCCCCCCCCCCCCCCC(C)(CC)C(=O)OC. The maximum absolute atomic E-state index is 11.8. The lowest BCUT2D eigenvalue weighted by molar-refractivity contribution is -0.152. The number of hydrogen-bond acceptors (Lipinski definition) is 2. The number of ether oxygens (including phenoxy) is 1. The van der Waals surface area contributed by atoms with E-state index in [4.69, 9.17) is 4.74 Å². The van der Waals surface area contributed by atoms with E-state index >= 15 is 0 Å². The summed E-state index contributed by atoms with van der Waals surface area (Å²) in [5.74, 6) is -0.0419. The molecule has 0 saturated carbocycles. The van der Waals surface area contributed by atoms with E-state index in [-0.39, 0.29) is 11.4 Å². The molecule has 1 atom stereocenters. The van der Waals surface area contributed by atoms with Crippen LogP contribution in [0.15, 0.2) is 0 Å². The molecule has 0 aliphatic heterocycles. The Morgan fingerprint density at radius 3 is 1.42 bits per heavy atom. The summed E-state index contributed by atoms with van der Waals surface area (Å²) in [6.07, 6.45) is 21.1. The third-order valence-corrected chi connectivity index (χ3v) is 5.54. The molecule has 0 aromatic carbocycles. The molecular weight excluding hydrogens is 296 g/mol. The highest BCUT2D eigenvalue weighted by Crippen LogP contribution is 2.30. The minimum Gasteiger partial charge on any atom is -0.469 e. The normalized spacial score (nSPS) is 13.7. The quantitative estimate of drug-likeness (QED) is 0.203. The van der Waals surface area contributed by atoms with E-state index in [1.54, 1.807) is 0 Å². The smallest absolute Gasteiger partial charge is 0.311 e. The van der Waals surface area contributed by atoms with Gasteiger partial charge < -0.3 is 4.74 Å². The summed E-state index contributed by atoms with van der Waals surface area (Å²) in [4.78, 5) is 11.8. The zero-order valence-electron chi connectivity index (χ0n) is 17.1. The largest absolute Gasteiger partial charge is 0.469 e. The van der Waals surface area contributed by atoms with E-state index in [9.17, 15) is 4.79 Å². The zero-order valence-corrected chi connectivity index (χ0v) is 17.1. The maximum atomic E-state index is 11.8. The van der Waals surface area contributed by atoms with Crippen LogP contribution in [0.4, 0.5) is 0 Å². The molecule has 144 valence electrons. The minimum atomic E-state index is -0.272. The number of esters is 1. The van der Waals surface area contributed by atoms with Gasteiger partial charge in [0.05, 0.1) is 12.5 Å². The first-order valence-electron chi connectivity index (χ1n) is 10.7. The highest BCUT2D eigenvalue weighted by atomic mass is 16.5. The van der Waals surface area contributed by atoms with E-state index in [1.807, 2.05) is 6.92 Å². The van der Waals surface area contributed by atoms with Crippen molar-refractivity contribution >= 4 is 5.97 Å². The molecule has 0 bridgehead atoms. The first-order valence-corrected chi connectivity index (χ1v) is 10.7. The molecule has 2 heteroatoms. The fraction of sp³-hybridized carbons (Fsp3) is 0.955. The Labute approximate surface area is 152 Å². The Bertz CT molecular complexity index is 288. The molecule has 0 N–H and O–H groups in total. The summed E-state index contributed by atoms with van der Waals surface area (Å²) in [5, 5.41) is 0. The lowest BCUT2D eigenvalue weighted by atomic mass is 9.82. The first kappa shape index (κ1) is 23.5. The molecule has 0 heterocycles. The molecule has 2 nitrogen and oxygen atoms in total.